The number of hydrogen-bond acceptors (Lipinski definition) is 4. The van der Waals surface area contributed by atoms with Gasteiger partial charge in [0.2, 0.25) is 0 Å². The molecule has 1 aromatic heterocycles. The van der Waals surface area contributed by atoms with E-state index in [1.165, 1.54) is 17.4 Å². The monoisotopic (exact) mass is 343 g/mol. The van der Waals surface area contributed by atoms with E-state index in [0.717, 1.165) is 5.01 Å². The first kappa shape index (κ1) is 14.6. The van der Waals surface area contributed by atoms with Gasteiger partial charge in [0.15, 0.2) is 5.01 Å². The number of benzene rings is 1. The van der Waals surface area contributed by atoms with Crippen LogP contribution >= 0.6 is 27.3 Å². The van der Waals surface area contributed by atoms with Crippen molar-refractivity contribution in [3.63, 3.8) is 0 Å². The van der Waals surface area contributed by atoms with Gasteiger partial charge in [0.05, 0.1) is 12.1 Å². The zero-order chi connectivity index (χ0) is 14.0. The maximum absolute atomic E-state index is 13.8. The Labute approximate surface area is 124 Å². The van der Waals surface area contributed by atoms with Crippen LogP contribution in [0.2, 0.25) is 0 Å². The third-order valence-electron chi connectivity index (χ3n) is 2.41. The van der Waals surface area contributed by atoms with E-state index in [2.05, 4.69) is 52.2 Å². The summed E-state index contributed by atoms with van der Waals surface area (Å²) in [5.41, 5.74) is 0.492. The fraction of sp³-hybridized carbons (Fsp3) is 0.385. The molecule has 19 heavy (non-hydrogen) atoms. The molecular weight excluding hydrogens is 329 g/mol. The molecule has 0 spiro atoms. The Morgan fingerprint density at radius 3 is 2.68 bits per heavy atom. The second-order valence-electron chi connectivity index (χ2n) is 5.20. The number of rotatable bonds is 3. The molecule has 0 saturated heterocycles. The van der Waals surface area contributed by atoms with Crippen molar-refractivity contribution < 1.29 is 4.39 Å². The van der Waals surface area contributed by atoms with E-state index in [0.29, 0.717) is 21.6 Å². The molecule has 0 bridgehead atoms. The van der Waals surface area contributed by atoms with Crippen LogP contribution in [0.4, 0.5) is 4.39 Å². The molecule has 0 aliphatic carbocycles. The quantitative estimate of drug-likeness (QED) is 0.915. The Morgan fingerprint density at radius 1 is 1.32 bits per heavy atom. The van der Waals surface area contributed by atoms with Crippen LogP contribution in [0.3, 0.4) is 0 Å². The first-order chi connectivity index (χ1) is 8.87. The Kier molecular flexibility index (Phi) is 4.32. The molecular formula is C13H15BrFN3S. The topological polar surface area (TPSA) is 37.8 Å². The van der Waals surface area contributed by atoms with Gasteiger partial charge in [0.25, 0.3) is 0 Å². The van der Waals surface area contributed by atoms with Gasteiger partial charge < -0.3 is 5.32 Å². The smallest absolute Gasteiger partial charge is 0.151 e. The summed E-state index contributed by atoms with van der Waals surface area (Å²) in [5.74, 6) is -0.291. The van der Waals surface area contributed by atoms with Crippen molar-refractivity contribution in [2.45, 2.75) is 32.9 Å². The summed E-state index contributed by atoms with van der Waals surface area (Å²) >= 11 is 4.75. The van der Waals surface area contributed by atoms with E-state index in [9.17, 15) is 4.39 Å². The zero-order valence-electron chi connectivity index (χ0n) is 11.0. The summed E-state index contributed by atoms with van der Waals surface area (Å²) in [6.45, 7) is 6.89. The van der Waals surface area contributed by atoms with E-state index < -0.39 is 0 Å². The first-order valence-corrected chi connectivity index (χ1v) is 7.49. The van der Waals surface area contributed by atoms with Crippen LogP contribution in [0, 0.1) is 5.82 Å². The van der Waals surface area contributed by atoms with Gasteiger partial charge in [0.1, 0.15) is 10.8 Å². The predicted molar refractivity (Wildman–Crippen MR) is 79.6 cm³/mol. The summed E-state index contributed by atoms with van der Waals surface area (Å²) in [4.78, 5) is 0. The minimum Gasteiger partial charge on any atom is -0.306 e. The average Bonchev–Trinajstić information content (AvgIpc) is 2.74. The van der Waals surface area contributed by atoms with Crippen molar-refractivity contribution in [1.82, 2.24) is 15.5 Å². The normalized spacial score (nSPS) is 11.8. The molecule has 0 amide bonds. The molecule has 1 N–H and O–H groups in total. The highest BCUT2D eigenvalue weighted by Crippen LogP contribution is 2.32. The van der Waals surface area contributed by atoms with Crippen molar-refractivity contribution in [3.05, 3.63) is 33.5 Å². The molecule has 0 saturated carbocycles. The van der Waals surface area contributed by atoms with E-state index >= 15 is 0 Å². The molecule has 0 aliphatic rings. The highest BCUT2D eigenvalue weighted by Gasteiger charge is 2.15. The van der Waals surface area contributed by atoms with Crippen LogP contribution in [-0.4, -0.2) is 15.7 Å². The van der Waals surface area contributed by atoms with E-state index in [1.54, 1.807) is 12.1 Å². The van der Waals surface area contributed by atoms with Crippen molar-refractivity contribution >= 4 is 27.3 Å². The molecule has 0 unspecified atom stereocenters. The number of aromatic nitrogens is 2. The molecule has 0 aliphatic heterocycles. The van der Waals surface area contributed by atoms with Crippen LogP contribution in [-0.2, 0) is 6.54 Å². The van der Waals surface area contributed by atoms with Gasteiger partial charge in [-0.15, -0.1) is 10.2 Å². The van der Waals surface area contributed by atoms with Crippen LogP contribution in [0.15, 0.2) is 22.7 Å². The molecule has 2 rings (SSSR count). The largest absolute Gasteiger partial charge is 0.306 e. The van der Waals surface area contributed by atoms with Crippen LogP contribution in [0.5, 0.6) is 0 Å². The third-order valence-corrected chi connectivity index (χ3v) is 4.01. The maximum Gasteiger partial charge on any atom is 0.151 e. The standard InChI is InChI=1S/C13H15BrFN3S/c1-13(2,3)16-7-10-17-18-12(19-10)11-8(14)5-4-6-9(11)15/h4-6,16H,7H2,1-3H3. The van der Waals surface area contributed by atoms with Crippen LogP contribution in [0.1, 0.15) is 25.8 Å². The summed E-state index contributed by atoms with van der Waals surface area (Å²) < 4.78 is 14.5. The SMILES string of the molecule is CC(C)(C)NCc1nnc(-c2c(F)cccc2Br)s1. The van der Waals surface area contributed by atoms with Crippen LogP contribution in [0.25, 0.3) is 10.6 Å². The van der Waals surface area contributed by atoms with Crippen LogP contribution < -0.4 is 5.32 Å². The van der Waals surface area contributed by atoms with Crippen molar-refractivity contribution in [2.75, 3.05) is 0 Å². The highest BCUT2D eigenvalue weighted by molar-refractivity contribution is 9.10. The van der Waals surface area contributed by atoms with Gasteiger partial charge in [0, 0.05) is 10.0 Å². The number of hydrogen-bond donors (Lipinski definition) is 1. The lowest BCUT2D eigenvalue weighted by atomic mass is 10.1. The number of nitrogens with zero attached hydrogens (tertiary/aromatic N) is 2. The summed E-state index contributed by atoms with van der Waals surface area (Å²) in [7, 11) is 0. The lowest BCUT2D eigenvalue weighted by Gasteiger charge is -2.19. The Bertz CT molecular complexity index is 557. The zero-order valence-corrected chi connectivity index (χ0v) is 13.4. The van der Waals surface area contributed by atoms with Gasteiger partial charge in [-0.2, -0.15) is 0 Å². The Balaban J connectivity index is 2.22. The van der Waals surface area contributed by atoms with E-state index in [1.807, 2.05) is 0 Å². The fourth-order valence-electron chi connectivity index (χ4n) is 1.47. The average molecular weight is 344 g/mol. The van der Waals surface area contributed by atoms with Gasteiger partial charge in [-0.05, 0) is 48.8 Å². The van der Waals surface area contributed by atoms with Crippen molar-refractivity contribution in [1.29, 1.82) is 0 Å². The van der Waals surface area contributed by atoms with E-state index in [4.69, 9.17) is 0 Å². The predicted octanol–water partition coefficient (Wildman–Crippen LogP) is 3.99. The lowest BCUT2D eigenvalue weighted by Crippen LogP contribution is -2.35. The molecule has 0 atom stereocenters. The molecule has 3 nitrogen and oxygen atoms in total. The summed E-state index contributed by atoms with van der Waals surface area (Å²) in [6, 6.07) is 4.88. The Morgan fingerprint density at radius 2 is 2.05 bits per heavy atom. The van der Waals surface area contributed by atoms with Gasteiger partial charge >= 0.3 is 0 Å². The minimum atomic E-state index is -0.291. The second kappa shape index (κ2) is 5.64. The lowest BCUT2D eigenvalue weighted by molar-refractivity contribution is 0.423. The fourth-order valence-corrected chi connectivity index (χ4v) is 2.97. The molecule has 0 radical (unpaired) electrons. The molecule has 2 aromatic rings. The Hall–Kier alpha value is -0.850. The molecule has 1 heterocycles. The first-order valence-electron chi connectivity index (χ1n) is 5.88. The van der Waals surface area contributed by atoms with Gasteiger partial charge in [-0.3, -0.25) is 0 Å². The molecule has 102 valence electrons. The van der Waals surface area contributed by atoms with Gasteiger partial charge in [-0.1, -0.05) is 17.4 Å². The number of halogens is 2. The molecule has 1 aromatic carbocycles. The van der Waals surface area contributed by atoms with Crippen molar-refractivity contribution in [2.24, 2.45) is 0 Å². The third kappa shape index (κ3) is 3.81. The molecule has 6 heteroatoms. The summed E-state index contributed by atoms with van der Waals surface area (Å²) in [6.07, 6.45) is 0. The summed E-state index contributed by atoms with van der Waals surface area (Å²) in [5, 5.41) is 12.9. The number of nitrogens with one attached hydrogen (secondary N) is 1. The maximum atomic E-state index is 13.8. The highest BCUT2D eigenvalue weighted by atomic mass is 79.9. The van der Waals surface area contributed by atoms with Gasteiger partial charge in [-0.25, -0.2) is 4.39 Å². The van der Waals surface area contributed by atoms with E-state index in [-0.39, 0.29) is 11.4 Å². The minimum absolute atomic E-state index is 0.0183. The molecule has 0 fully saturated rings. The van der Waals surface area contributed by atoms with Crippen molar-refractivity contribution in [3.8, 4) is 10.6 Å². The second-order valence-corrected chi connectivity index (χ2v) is 7.12.